The van der Waals surface area contributed by atoms with Crippen molar-refractivity contribution in [1.82, 2.24) is 5.32 Å². The highest BCUT2D eigenvalue weighted by Gasteiger charge is 2.34. The van der Waals surface area contributed by atoms with E-state index in [9.17, 15) is 18.0 Å². The first-order chi connectivity index (χ1) is 16.3. The Balaban J connectivity index is 1.57. The lowest BCUT2D eigenvalue weighted by Crippen LogP contribution is -2.43. The molecule has 3 aromatic carbocycles. The van der Waals surface area contributed by atoms with Crippen molar-refractivity contribution in [1.29, 1.82) is 0 Å². The molecule has 0 aliphatic carbocycles. The Morgan fingerprint density at radius 2 is 1.62 bits per heavy atom. The molecule has 2 N–H and O–H groups in total. The van der Waals surface area contributed by atoms with Gasteiger partial charge in [0.25, 0.3) is 0 Å². The number of hydrogen-bond acceptors (Lipinski definition) is 3. The molecule has 0 atom stereocenters. The molecule has 0 spiro atoms. The number of carboxylic acids is 1. The van der Waals surface area contributed by atoms with Crippen molar-refractivity contribution >= 4 is 5.97 Å². The number of piperidine rings is 1. The minimum atomic E-state index is -4.51. The monoisotopic (exact) mass is 469 g/mol. The van der Waals surface area contributed by atoms with E-state index in [1.165, 1.54) is 29.8 Å². The summed E-state index contributed by atoms with van der Waals surface area (Å²) in [7, 11) is 0. The number of alkyl halides is 3. The van der Waals surface area contributed by atoms with E-state index in [-0.39, 0.29) is 17.6 Å². The number of ether oxygens (including phenoxy) is 1. The molecular formula is C27H26F3NO3. The van der Waals surface area contributed by atoms with Gasteiger partial charge in [-0.25, -0.2) is 4.79 Å². The third kappa shape index (κ3) is 5.48. The Labute approximate surface area is 196 Å². The summed E-state index contributed by atoms with van der Waals surface area (Å²) in [6.07, 6.45) is -2.73. The Kier molecular flexibility index (Phi) is 7.05. The quantitative estimate of drug-likeness (QED) is 0.452. The molecule has 178 valence electrons. The van der Waals surface area contributed by atoms with E-state index in [0.29, 0.717) is 23.3 Å². The van der Waals surface area contributed by atoms with Crippen molar-refractivity contribution in [2.45, 2.75) is 31.0 Å². The van der Waals surface area contributed by atoms with Crippen molar-refractivity contribution in [3.63, 3.8) is 0 Å². The fourth-order valence-corrected chi connectivity index (χ4v) is 4.49. The van der Waals surface area contributed by atoms with E-state index >= 15 is 0 Å². The highest BCUT2D eigenvalue weighted by Crippen LogP contribution is 2.36. The molecule has 4 nitrogen and oxygen atoms in total. The summed E-state index contributed by atoms with van der Waals surface area (Å²) < 4.78 is 46.9. The fourth-order valence-electron chi connectivity index (χ4n) is 4.49. The Bertz CT molecular complexity index is 1120. The van der Waals surface area contributed by atoms with Crippen molar-refractivity contribution < 1.29 is 27.8 Å². The van der Waals surface area contributed by atoms with Crippen LogP contribution in [0.25, 0.3) is 11.1 Å². The molecule has 0 amide bonds. The smallest absolute Gasteiger partial charge is 0.416 e. The first-order valence-electron chi connectivity index (χ1n) is 11.2. The third-order valence-electron chi connectivity index (χ3n) is 6.38. The first-order valence-corrected chi connectivity index (χ1v) is 11.2. The molecule has 4 rings (SSSR count). The molecule has 0 radical (unpaired) electrons. The maximum Gasteiger partial charge on any atom is 0.416 e. The summed E-state index contributed by atoms with van der Waals surface area (Å²) in [5, 5.41) is 12.4. The molecule has 1 heterocycles. The molecule has 1 aliphatic rings. The maximum absolute atomic E-state index is 13.6. The van der Waals surface area contributed by atoms with Gasteiger partial charge >= 0.3 is 12.1 Å². The van der Waals surface area contributed by atoms with Gasteiger partial charge in [-0.3, -0.25) is 0 Å². The van der Waals surface area contributed by atoms with Gasteiger partial charge in [-0.15, -0.1) is 0 Å². The molecule has 34 heavy (non-hydrogen) atoms. The number of hydrogen-bond donors (Lipinski definition) is 2. The van der Waals surface area contributed by atoms with E-state index < -0.39 is 17.7 Å². The van der Waals surface area contributed by atoms with Crippen LogP contribution in [0.15, 0.2) is 72.8 Å². The molecular weight excluding hydrogens is 443 g/mol. The average molecular weight is 470 g/mol. The van der Waals surface area contributed by atoms with Crippen LogP contribution in [0.2, 0.25) is 0 Å². The van der Waals surface area contributed by atoms with Crippen molar-refractivity contribution in [2.75, 3.05) is 19.7 Å². The van der Waals surface area contributed by atoms with Gasteiger partial charge in [-0.2, -0.15) is 13.2 Å². The number of benzene rings is 3. The summed E-state index contributed by atoms with van der Waals surface area (Å²) in [5.41, 5.74) is 1.62. The van der Waals surface area contributed by atoms with Gasteiger partial charge in [0.1, 0.15) is 0 Å². The van der Waals surface area contributed by atoms with E-state index in [4.69, 9.17) is 9.84 Å². The Morgan fingerprint density at radius 3 is 2.24 bits per heavy atom. The lowest BCUT2D eigenvalue weighted by molar-refractivity contribution is -0.137. The number of aromatic carboxylic acids is 1. The van der Waals surface area contributed by atoms with Crippen LogP contribution in [-0.4, -0.2) is 30.8 Å². The number of carboxylic acid groups (broad SMARTS) is 1. The normalized spacial score (nSPS) is 15.7. The van der Waals surface area contributed by atoms with E-state index in [0.717, 1.165) is 38.1 Å². The second-order valence-corrected chi connectivity index (χ2v) is 8.69. The predicted molar refractivity (Wildman–Crippen MR) is 124 cm³/mol. The van der Waals surface area contributed by atoms with Crippen molar-refractivity contribution in [3.8, 4) is 11.1 Å². The Morgan fingerprint density at radius 1 is 0.941 bits per heavy atom. The second kappa shape index (κ2) is 9.99. The van der Waals surface area contributed by atoms with Gasteiger partial charge < -0.3 is 15.2 Å². The number of carbonyl (C=O) groups is 1. The summed E-state index contributed by atoms with van der Waals surface area (Å²) in [6, 6.07) is 19.8. The second-order valence-electron chi connectivity index (χ2n) is 8.69. The molecule has 1 fully saturated rings. The third-order valence-corrected chi connectivity index (χ3v) is 6.38. The van der Waals surface area contributed by atoms with Crippen molar-refractivity contribution in [2.24, 2.45) is 0 Å². The predicted octanol–water partition coefficient (Wildman–Crippen LogP) is 5.91. The summed E-state index contributed by atoms with van der Waals surface area (Å²) in [4.78, 5) is 11.1. The zero-order valence-electron chi connectivity index (χ0n) is 18.6. The molecule has 1 saturated heterocycles. The minimum Gasteiger partial charge on any atom is -0.478 e. The SMILES string of the molecule is O=C(O)c1ccc(-c2cc(COCC3(c4ccccc4)CCNCC3)cc(C(F)(F)F)c2)cc1. The highest BCUT2D eigenvalue weighted by atomic mass is 19.4. The lowest BCUT2D eigenvalue weighted by atomic mass is 9.74. The minimum absolute atomic E-state index is 0.0478. The highest BCUT2D eigenvalue weighted by molar-refractivity contribution is 5.88. The van der Waals surface area contributed by atoms with Crippen LogP contribution in [0, 0.1) is 0 Å². The first kappa shape index (κ1) is 24.0. The molecule has 1 aliphatic heterocycles. The summed E-state index contributed by atoms with van der Waals surface area (Å²) in [5.74, 6) is -1.09. The molecule has 3 aromatic rings. The maximum atomic E-state index is 13.6. The number of nitrogens with one attached hydrogen (secondary N) is 1. The van der Waals surface area contributed by atoms with Crippen LogP contribution in [0.1, 0.15) is 39.9 Å². The van der Waals surface area contributed by atoms with Crippen LogP contribution in [0.4, 0.5) is 13.2 Å². The zero-order chi connectivity index (χ0) is 24.2. The average Bonchev–Trinajstić information content (AvgIpc) is 2.84. The van der Waals surface area contributed by atoms with Crippen LogP contribution in [0.5, 0.6) is 0 Å². The largest absolute Gasteiger partial charge is 0.478 e. The number of halogens is 3. The Hall–Kier alpha value is -3.16. The van der Waals surface area contributed by atoms with Gasteiger partial charge in [0.05, 0.1) is 24.3 Å². The van der Waals surface area contributed by atoms with E-state index in [1.54, 1.807) is 6.07 Å². The topological polar surface area (TPSA) is 58.6 Å². The van der Waals surface area contributed by atoms with Crippen molar-refractivity contribution in [3.05, 3.63) is 95.1 Å². The van der Waals surface area contributed by atoms with Crippen LogP contribution in [-0.2, 0) is 22.9 Å². The van der Waals surface area contributed by atoms with Crippen LogP contribution in [0.3, 0.4) is 0 Å². The fraction of sp³-hybridized carbons (Fsp3) is 0.296. The van der Waals surface area contributed by atoms with Gasteiger partial charge in [0.2, 0.25) is 0 Å². The molecule has 0 saturated carbocycles. The van der Waals surface area contributed by atoms with E-state index in [1.807, 2.05) is 18.2 Å². The van der Waals surface area contributed by atoms with Crippen LogP contribution >= 0.6 is 0 Å². The van der Waals surface area contributed by atoms with Gasteiger partial charge in [0, 0.05) is 5.41 Å². The van der Waals surface area contributed by atoms with Crippen LogP contribution < -0.4 is 5.32 Å². The number of rotatable bonds is 7. The summed E-state index contributed by atoms with van der Waals surface area (Å²) >= 11 is 0. The van der Waals surface area contributed by atoms with Gasteiger partial charge in [-0.1, -0.05) is 42.5 Å². The van der Waals surface area contributed by atoms with E-state index in [2.05, 4.69) is 17.4 Å². The summed E-state index contributed by atoms with van der Waals surface area (Å²) in [6.45, 7) is 2.18. The molecule has 7 heteroatoms. The van der Waals surface area contributed by atoms with Gasteiger partial charge in [0.15, 0.2) is 0 Å². The lowest BCUT2D eigenvalue weighted by Gasteiger charge is -2.38. The zero-order valence-corrected chi connectivity index (χ0v) is 18.6. The van der Waals surface area contributed by atoms with Gasteiger partial charge in [-0.05, 0) is 78.5 Å². The molecule has 0 bridgehead atoms. The standard InChI is InChI=1S/C27H26F3NO3/c28-27(29,30)24-15-19(14-22(16-24)20-6-8-21(9-7-20)25(32)33)17-34-18-26(10-12-31-13-11-26)23-4-2-1-3-5-23/h1-9,14-16,31H,10-13,17-18H2,(H,32,33). The molecule has 0 aromatic heterocycles. The molecule has 0 unspecified atom stereocenters.